The summed E-state index contributed by atoms with van der Waals surface area (Å²) >= 11 is 0. The van der Waals surface area contributed by atoms with E-state index in [2.05, 4.69) is 29.2 Å². The Balaban J connectivity index is 1.90. The van der Waals surface area contributed by atoms with E-state index in [1.54, 1.807) is 0 Å². The zero-order valence-electron chi connectivity index (χ0n) is 9.76. The Morgan fingerprint density at radius 3 is 2.81 bits per heavy atom. The molecule has 1 heterocycles. The summed E-state index contributed by atoms with van der Waals surface area (Å²) in [4.78, 5) is 2.42. The molecular formula is C14H19NO. The minimum absolute atomic E-state index is 0.313. The molecule has 1 atom stereocenters. The van der Waals surface area contributed by atoms with E-state index in [1.807, 2.05) is 19.1 Å². The molecule has 0 aliphatic carbocycles. The van der Waals surface area contributed by atoms with Gasteiger partial charge >= 0.3 is 0 Å². The molecule has 0 amide bonds. The van der Waals surface area contributed by atoms with Crippen molar-refractivity contribution in [2.24, 2.45) is 0 Å². The lowest BCUT2D eigenvalue weighted by atomic mass is 10.2. The number of aliphatic hydroxyl groups is 1. The topological polar surface area (TPSA) is 23.5 Å². The van der Waals surface area contributed by atoms with Crippen LogP contribution < -0.4 is 0 Å². The molecule has 2 heteroatoms. The Kier molecular flexibility index (Phi) is 3.75. The summed E-state index contributed by atoms with van der Waals surface area (Å²) < 4.78 is 0. The molecule has 16 heavy (non-hydrogen) atoms. The molecular weight excluding hydrogens is 198 g/mol. The predicted molar refractivity (Wildman–Crippen MR) is 66.1 cm³/mol. The minimum atomic E-state index is -0.313. The Labute approximate surface area is 97.2 Å². The van der Waals surface area contributed by atoms with Crippen molar-refractivity contribution in [2.45, 2.75) is 26.0 Å². The number of rotatable bonds is 3. The van der Waals surface area contributed by atoms with Crippen molar-refractivity contribution in [1.29, 1.82) is 0 Å². The Hall–Kier alpha value is -1.12. The van der Waals surface area contributed by atoms with Gasteiger partial charge in [-0.1, -0.05) is 42.0 Å². The van der Waals surface area contributed by atoms with Crippen LogP contribution in [0.1, 0.15) is 18.9 Å². The smallest absolute Gasteiger partial charge is 0.0695 e. The van der Waals surface area contributed by atoms with Crippen LogP contribution in [-0.4, -0.2) is 29.2 Å². The summed E-state index contributed by atoms with van der Waals surface area (Å²) in [6, 6.07) is 10.5. The third-order valence-corrected chi connectivity index (χ3v) is 2.90. The molecule has 2 rings (SSSR count). The highest BCUT2D eigenvalue weighted by Crippen LogP contribution is 2.18. The molecule has 1 aromatic carbocycles. The van der Waals surface area contributed by atoms with Gasteiger partial charge in [0, 0.05) is 19.6 Å². The van der Waals surface area contributed by atoms with Crippen LogP contribution in [0, 0.1) is 0 Å². The van der Waals surface area contributed by atoms with E-state index >= 15 is 0 Å². The standard InChI is InChI=1S/C14H19NO/c1-12(16)9-14-7-8-15(11-14)10-13-5-3-2-4-6-13/h2-6,9,12,16H,7-8,10-11H2,1H3/b14-9-. The van der Waals surface area contributed by atoms with Crippen LogP contribution in [0.4, 0.5) is 0 Å². The lowest BCUT2D eigenvalue weighted by Crippen LogP contribution is -2.18. The van der Waals surface area contributed by atoms with Crippen molar-refractivity contribution >= 4 is 0 Å². The molecule has 1 N–H and O–H groups in total. The van der Waals surface area contributed by atoms with Gasteiger partial charge in [-0.05, 0) is 18.9 Å². The maximum absolute atomic E-state index is 9.29. The van der Waals surface area contributed by atoms with Gasteiger partial charge in [0.1, 0.15) is 0 Å². The number of nitrogens with zero attached hydrogens (tertiary/aromatic N) is 1. The third kappa shape index (κ3) is 3.19. The molecule has 1 saturated heterocycles. The van der Waals surface area contributed by atoms with Crippen LogP contribution >= 0.6 is 0 Å². The molecule has 0 saturated carbocycles. The monoisotopic (exact) mass is 217 g/mol. The van der Waals surface area contributed by atoms with Gasteiger partial charge in [0.05, 0.1) is 6.10 Å². The lowest BCUT2D eigenvalue weighted by molar-refractivity contribution is 0.242. The van der Waals surface area contributed by atoms with Crippen molar-refractivity contribution in [1.82, 2.24) is 4.90 Å². The molecule has 1 aliphatic rings. The molecule has 0 radical (unpaired) electrons. The van der Waals surface area contributed by atoms with E-state index in [0.717, 1.165) is 26.1 Å². The summed E-state index contributed by atoms with van der Waals surface area (Å²) in [6.07, 6.45) is 2.76. The molecule has 0 bridgehead atoms. The number of hydrogen-bond donors (Lipinski definition) is 1. The van der Waals surface area contributed by atoms with Crippen molar-refractivity contribution in [3.8, 4) is 0 Å². The fraction of sp³-hybridized carbons (Fsp3) is 0.429. The number of benzene rings is 1. The highest BCUT2D eigenvalue weighted by atomic mass is 16.3. The largest absolute Gasteiger partial charge is 0.389 e. The average Bonchev–Trinajstić information content (AvgIpc) is 2.66. The van der Waals surface area contributed by atoms with Gasteiger partial charge in [0.2, 0.25) is 0 Å². The Morgan fingerprint density at radius 2 is 2.12 bits per heavy atom. The minimum Gasteiger partial charge on any atom is -0.389 e. The van der Waals surface area contributed by atoms with Crippen LogP contribution in [-0.2, 0) is 6.54 Å². The summed E-state index contributed by atoms with van der Waals surface area (Å²) in [5.74, 6) is 0. The molecule has 1 aliphatic heterocycles. The summed E-state index contributed by atoms with van der Waals surface area (Å²) in [5, 5.41) is 9.29. The number of likely N-dealkylation sites (tertiary alicyclic amines) is 1. The van der Waals surface area contributed by atoms with E-state index in [1.165, 1.54) is 11.1 Å². The van der Waals surface area contributed by atoms with Gasteiger partial charge in [-0.15, -0.1) is 0 Å². The van der Waals surface area contributed by atoms with Gasteiger partial charge in [-0.25, -0.2) is 0 Å². The molecule has 1 aromatic rings. The first-order valence-corrected chi connectivity index (χ1v) is 5.88. The van der Waals surface area contributed by atoms with E-state index < -0.39 is 0 Å². The summed E-state index contributed by atoms with van der Waals surface area (Å²) in [7, 11) is 0. The van der Waals surface area contributed by atoms with E-state index in [4.69, 9.17) is 0 Å². The Bertz CT molecular complexity index is 356. The highest BCUT2D eigenvalue weighted by Gasteiger charge is 2.16. The van der Waals surface area contributed by atoms with Gasteiger partial charge in [-0.2, -0.15) is 0 Å². The molecule has 2 nitrogen and oxygen atoms in total. The molecule has 0 aromatic heterocycles. The predicted octanol–water partition coefficient (Wildman–Crippen LogP) is 2.20. The summed E-state index contributed by atoms with van der Waals surface area (Å²) in [5.41, 5.74) is 2.73. The average molecular weight is 217 g/mol. The van der Waals surface area contributed by atoms with Gasteiger partial charge in [0.15, 0.2) is 0 Å². The van der Waals surface area contributed by atoms with Crippen LogP contribution in [0.15, 0.2) is 42.0 Å². The van der Waals surface area contributed by atoms with Gasteiger partial charge in [-0.3, -0.25) is 4.90 Å². The van der Waals surface area contributed by atoms with Crippen molar-refractivity contribution < 1.29 is 5.11 Å². The first-order chi connectivity index (χ1) is 7.74. The van der Waals surface area contributed by atoms with Crippen molar-refractivity contribution in [3.05, 3.63) is 47.5 Å². The highest BCUT2D eigenvalue weighted by molar-refractivity contribution is 5.17. The SMILES string of the molecule is CC(O)/C=C1/CCN(Cc2ccccc2)C1. The maximum atomic E-state index is 9.29. The molecule has 86 valence electrons. The molecule has 1 fully saturated rings. The zero-order chi connectivity index (χ0) is 11.4. The first-order valence-electron chi connectivity index (χ1n) is 5.88. The second kappa shape index (κ2) is 5.28. The second-order valence-corrected chi connectivity index (χ2v) is 4.51. The fourth-order valence-electron chi connectivity index (χ4n) is 2.20. The number of aliphatic hydroxyl groups excluding tert-OH is 1. The molecule has 0 spiro atoms. The third-order valence-electron chi connectivity index (χ3n) is 2.90. The van der Waals surface area contributed by atoms with Crippen LogP contribution in [0.2, 0.25) is 0 Å². The lowest BCUT2D eigenvalue weighted by Gasteiger charge is -2.14. The Morgan fingerprint density at radius 1 is 1.38 bits per heavy atom. The van der Waals surface area contributed by atoms with Crippen molar-refractivity contribution in [3.63, 3.8) is 0 Å². The van der Waals surface area contributed by atoms with Gasteiger partial charge < -0.3 is 5.11 Å². The van der Waals surface area contributed by atoms with Crippen LogP contribution in [0.3, 0.4) is 0 Å². The normalized spacial score (nSPS) is 21.5. The molecule has 1 unspecified atom stereocenters. The number of hydrogen-bond acceptors (Lipinski definition) is 2. The van der Waals surface area contributed by atoms with Gasteiger partial charge in [0.25, 0.3) is 0 Å². The summed E-state index contributed by atoms with van der Waals surface area (Å²) in [6.45, 7) is 4.93. The maximum Gasteiger partial charge on any atom is 0.0695 e. The van der Waals surface area contributed by atoms with Crippen molar-refractivity contribution in [2.75, 3.05) is 13.1 Å². The van der Waals surface area contributed by atoms with E-state index in [-0.39, 0.29) is 6.10 Å². The zero-order valence-corrected chi connectivity index (χ0v) is 9.76. The quantitative estimate of drug-likeness (QED) is 0.785. The van der Waals surface area contributed by atoms with E-state index in [9.17, 15) is 5.11 Å². The fourth-order valence-corrected chi connectivity index (χ4v) is 2.20. The first kappa shape index (κ1) is 11.4. The van der Waals surface area contributed by atoms with Crippen LogP contribution in [0.25, 0.3) is 0 Å². The van der Waals surface area contributed by atoms with Crippen LogP contribution in [0.5, 0.6) is 0 Å². The second-order valence-electron chi connectivity index (χ2n) is 4.51. The van der Waals surface area contributed by atoms with E-state index in [0.29, 0.717) is 0 Å².